The molecule has 1 aliphatic heterocycles. The Labute approximate surface area is 112 Å². The second-order valence-corrected chi connectivity index (χ2v) is 6.37. The first-order valence-corrected chi connectivity index (χ1v) is 7.35. The Morgan fingerprint density at radius 3 is 2.53 bits per heavy atom. The van der Waals surface area contributed by atoms with E-state index in [1.54, 1.807) is 18.2 Å². The van der Waals surface area contributed by atoms with E-state index in [4.69, 9.17) is 4.74 Å². The topological polar surface area (TPSA) is 84.5 Å². The zero-order valence-corrected chi connectivity index (χ0v) is 11.4. The molecule has 2 N–H and O–H groups in total. The van der Waals surface area contributed by atoms with E-state index in [0.29, 0.717) is 13.1 Å². The number of ether oxygens (including phenoxy) is 1. The number of benzene rings is 1. The van der Waals surface area contributed by atoms with Crippen molar-refractivity contribution < 1.29 is 17.9 Å². The molecule has 0 radical (unpaired) electrons. The molecule has 104 valence electrons. The van der Waals surface area contributed by atoms with Gasteiger partial charge < -0.3 is 10.1 Å². The van der Waals surface area contributed by atoms with E-state index in [0.717, 1.165) is 0 Å². The Kier molecular flexibility index (Phi) is 3.88. The maximum atomic E-state index is 11.9. The standard InChI is InChI=1S/C12H16N2O4S/c1-12(8-13-9-12)18-7-11(15)14-19(16,17)10-5-3-2-4-6-10/h2-6,13H,7-9H2,1H3,(H,14,15). The second-order valence-electron chi connectivity index (χ2n) is 4.68. The molecule has 19 heavy (non-hydrogen) atoms. The lowest BCUT2D eigenvalue weighted by atomic mass is 10.0. The molecule has 6 nitrogen and oxygen atoms in total. The molecule has 1 aliphatic rings. The fourth-order valence-corrected chi connectivity index (χ4v) is 2.65. The van der Waals surface area contributed by atoms with Crippen LogP contribution >= 0.6 is 0 Å². The third-order valence-electron chi connectivity index (χ3n) is 2.85. The van der Waals surface area contributed by atoms with Crippen LogP contribution < -0.4 is 10.0 Å². The fourth-order valence-electron chi connectivity index (χ4n) is 1.66. The van der Waals surface area contributed by atoms with Crippen LogP contribution in [0.15, 0.2) is 35.2 Å². The lowest BCUT2D eigenvalue weighted by molar-refractivity contribution is -0.134. The van der Waals surface area contributed by atoms with Crippen molar-refractivity contribution >= 4 is 15.9 Å². The minimum Gasteiger partial charge on any atom is -0.363 e. The number of amides is 1. The maximum Gasteiger partial charge on any atom is 0.264 e. The van der Waals surface area contributed by atoms with Crippen LogP contribution in [0.5, 0.6) is 0 Å². The van der Waals surface area contributed by atoms with Gasteiger partial charge in [0.1, 0.15) is 6.61 Å². The van der Waals surface area contributed by atoms with E-state index in [1.807, 2.05) is 11.6 Å². The van der Waals surface area contributed by atoms with E-state index in [9.17, 15) is 13.2 Å². The van der Waals surface area contributed by atoms with Crippen molar-refractivity contribution in [3.8, 4) is 0 Å². The normalized spacial score (nSPS) is 17.5. The average molecular weight is 284 g/mol. The number of hydrogen-bond donors (Lipinski definition) is 2. The van der Waals surface area contributed by atoms with Gasteiger partial charge in [0.05, 0.1) is 10.5 Å². The molecule has 0 spiro atoms. The number of nitrogens with one attached hydrogen (secondary N) is 2. The summed E-state index contributed by atoms with van der Waals surface area (Å²) >= 11 is 0. The highest BCUT2D eigenvalue weighted by Gasteiger charge is 2.33. The highest BCUT2D eigenvalue weighted by atomic mass is 32.2. The highest BCUT2D eigenvalue weighted by Crippen LogP contribution is 2.14. The number of rotatable bonds is 5. The van der Waals surface area contributed by atoms with Gasteiger partial charge in [0, 0.05) is 13.1 Å². The first-order chi connectivity index (χ1) is 8.91. The maximum absolute atomic E-state index is 11.9. The largest absolute Gasteiger partial charge is 0.363 e. The number of carbonyl (C=O) groups excluding carboxylic acids is 1. The molecule has 2 rings (SSSR count). The summed E-state index contributed by atoms with van der Waals surface area (Å²) in [4.78, 5) is 11.6. The third kappa shape index (κ3) is 3.52. The summed E-state index contributed by atoms with van der Waals surface area (Å²) in [6, 6.07) is 7.74. The number of hydrogen-bond acceptors (Lipinski definition) is 5. The van der Waals surface area contributed by atoms with Crippen molar-refractivity contribution in [1.82, 2.24) is 10.0 Å². The fraction of sp³-hybridized carbons (Fsp3) is 0.417. The first-order valence-electron chi connectivity index (χ1n) is 5.87. The Morgan fingerprint density at radius 2 is 2.00 bits per heavy atom. The molecule has 1 aromatic rings. The minimum absolute atomic E-state index is 0.0554. The lowest BCUT2D eigenvalue weighted by Crippen LogP contribution is -2.59. The molecular weight excluding hydrogens is 268 g/mol. The van der Waals surface area contributed by atoms with Gasteiger partial charge in [-0.1, -0.05) is 18.2 Å². The van der Waals surface area contributed by atoms with Crippen LogP contribution in [0, 0.1) is 0 Å². The first kappa shape index (κ1) is 14.0. The predicted octanol–water partition coefficient (Wildman–Crippen LogP) is -0.130. The van der Waals surface area contributed by atoms with Crippen molar-refractivity contribution in [2.75, 3.05) is 19.7 Å². The van der Waals surface area contributed by atoms with Crippen LogP contribution in [-0.4, -0.2) is 39.6 Å². The Bertz CT molecular complexity index is 552. The molecule has 0 saturated carbocycles. The molecule has 0 atom stereocenters. The molecule has 0 aromatic heterocycles. The predicted molar refractivity (Wildman–Crippen MR) is 69.0 cm³/mol. The van der Waals surface area contributed by atoms with Gasteiger partial charge >= 0.3 is 0 Å². The van der Waals surface area contributed by atoms with Crippen molar-refractivity contribution in [3.05, 3.63) is 30.3 Å². The van der Waals surface area contributed by atoms with Gasteiger partial charge in [0.25, 0.3) is 15.9 Å². The van der Waals surface area contributed by atoms with Gasteiger partial charge in [-0.25, -0.2) is 13.1 Å². The molecule has 1 saturated heterocycles. The second kappa shape index (κ2) is 5.28. The SMILES string of the molecule is CC1(OCC(=O)NS(=O)(=O)c2ccccc2)CNC1. The van der Waals surface area contributed by atoms with Gasteiger partial charge in [-0.2, -0.15) is 0 Å². The van der Waals surface area contributed by atoms with Gasteiger partial charge in [-0.05, 0) is 19.1 Å². The summed E-state index contributed by atoms with van der Waals surface area (Å²) in [5, 5.41) is 3.02. The summed E-state index contributed by atoms with van der Waals surface area (Å²) in [7, 11) is -3.81. The number of sulfonamides is 1. The van der Waals surface area contributed by atoms with E-state index in [-0.39, 0.29) is 17.1 Å². The smallest absolute Gasteiger partial charge is 0.264 e. The van der Waals surface area contributed by atoms with E-state index < -0.39 is 15.9 Å². The Morgan fingerprint density at radius 1 is 1.37 bits per heavy atom. The lowest BCUT2D eigenvalue weighted by Gasteiger charge is -2.38. The van der Waals surface area contributed by atoms with Crippen LogP contribution in [0.4, 0.5) is 0 Å². The van der Waals surface area contributed by atoms with Crippen molar-refractivity contribution in [3.63, 3.8) is 0 Å². The van der Waals surface area contributed by atoms with Gasteiger partial charge in [0.15, 0.2) is 0 Å². The third-order valence-corrected chi connectivity index (χ3v) is 4.24. The molecule has 1 aromatic carbocycles. The van der Waals surface area contributed by atoms with Crippen molar-refractivity contribution in [2.45, 2.75) is 17.4 Å². The molecule has 7 heteroatoms. The van der Waals surface area contributed by atoms with Gasteiger partial charge in [-0.15, -0.1) is 0 Å². The summed E-state index contributed by atoms with van der Waals surface area (Å²) in [6.07, 6.45) is 0. The van der Waals surface area contributed by atoms with Crippen LogP contribution in [0.25, 0.3) is 0 Å². The summed E-state index contributed by atoms with van der Waals surface area (Å²) in [5.74, 6) is -0.669. The van der Waals surface area contributed by atoms with E-state index >= 15 is 0 Å². The van der Waals surface area contributed by atoms with E-state index in [1.165, 1.54) is 12.1 Å². The van der Waals surface area contributed by atoms with Gasteiger partial charge in [-0.3, -0.25) is 4.79 Å². The minimum atomic E-state index is -3.81. The molecule has 0 bridgehead atoms. The highest BCUT2D eigenvalue weighted by molar-refractivity contribution is 7.90. The quantitative estimate of drug-likeness (QED) is 0.787. The van der Waals surface area contributed by atoms with Crippen LogP contribution in [-0.2, 0) is 19.6 Å². The summed E-state index contributed by atoms with van der Waals surface area (Å²) in [5.41, 5.74) is -0.381. The van der Waals surface area contributed by atoms with Gasteiger partial charge in [0.2, 0.25) is 0 Å². The monoisotopic (exact) mass is 284 g/mol. The summed E-state index contributed by atoms with van der Waals surface area (Å²) < 4.78 is 31.1. The molecule has 1 amide bonds. The zero-order valence-electron chi connectivity index (χ0n) is 10.5. The summed E-state index contributed by atoms with van der Waals surface area (Å²) in [6.45, 7) is 2.91. The van der Waals surface area contributed by atoms with Crippen LogP contribution in [0.2, 0.25) is 0 Å². The average Bonchev–Trinajstić information content (AvgIpc) is 2.35. The van der Waals surface area contributed by atoms with Crippen molar-refractivity contribution in [2.24, 2.45) is 0 Å². The molecule has 1 fully saturated rings. The molecule has 0 unspecified atom stereocenters. The Hall–Kier alpha value is -1.44. The molecule has 0 aliphatic carbocycles. The molecule has 1 heterocycles. The number of carbonyl (C=O) groups is 1. The molecular formula is C12H16N2O4S. The van der Waals surface area contributed by atoms with Crippen molar-refractivity contribution in [1.29, 1.82) is 0 Å². The van der Waals surface area contributed by atoms with Crippen LogP contribution in [0.3, 0.4) is 0 Å². The Balaban J connectivity index is 1.91. The van der Waals surface area contributed by atoms with E-state index in [2.05, 4.69) is 5.32 Å². The van der Waals surface area contributed by atoms with Crippen LogP contribution in [0.1, 0.15) is 6.92 Å². The zero-order chi connectivity index (χ0) is 13.9.